The number of guanidine groups is 1. The van der Waals surface area contributed by atoms with Crippen molar-refractivity contribution in [3.8, 4) is 5.75 Å². The van der Waals surface area contributed by atoms with E-state index < -0.39 is 5.82 Å². The highest BCUT2D eigenvalue weighted by atomic mass is 19.1. The van der Waals surface area contributed by atoms with Crippen LogP contribution in [0, 0.1) is 11.7 Å². The van der Waals surface area contributed by atoms with Gasteiger partial charge < -0.3 is 20.1 Å². The zero-order valence-electron chi connectivity index (χ0n) is 15.6. The first kappa shape index (κ1) is 19.2. The number of phenolic OH excluding ortho intramolecular Hbond substituents is 1. The first-order valence-corrected chi connectivity index (χ1v) is 9.20. The number of phenols is 1. The fourth-order valence-electron chi connectivity index (χ4n) is 3.25. The lowest BCUT2D eigenvalue weighted by atomic mass is 10.1. The molecular formula is C21H26FN3O2. The Morgan fingerprint density at radius 2 is 2.07 bits per heavy atom. The van der Waals surface area contributed by atoms with Crippen molar-refractivity contribution < 1.29 is 14.2 Å². The van der Waals surface area contributed by atoms with E-state index in [1.807, 2.05) is 18.2 Å². The van der Waals surface area contributed by atoms with Crippen molar-refractivity contribution in [3.05, 3.63) is 65.5 Å². The molecule has 2 aromatic carbocycles. The van der Waals surface area contributed by atoms with Crippen LogP contribution in [0.15, 0.2) is 53.5 Å². The average molecular weight is 371 g/mol. The molecule has 0 aromatic heterocycles. The summed E-state index contributed by atoms with van der Waals surface area (Å²) in [6.07, 6.45) is 1.06. The Morgan fingerprint density at radius 1 is 1.26 bits per heavy atom. The topological polar surface area (TPSA) is 57.1 Å². The number of nitrogens with zero attached hydrogens (tertiary/aromatic N) is 2. The maximum Gasteiger partial charge on any atom is 0.193 e. The molecule has 1 heterocycles. The minimum Gasteiger partial charge on any atom is -0.505 e. The molecule has 5 nitrogen and oxygen atoms in total. The molecule has 0 bridgehead atoms. The van der Waals surface area contributed by atoms with E-state index in [0.29, 0.717) is 19.1 Å². The van der Waals surface area contributed by atoms with Gasteiger partial charge in [-0.1, -0.05) is 36.4 Å². The second kappa shape index (κ2) is 9.37. The van der Waals surface area contributed by atoms with Crippen LogP contribution in [0.2, 0.25) is 0 Å². The number of likely N-dealkylation sites (tertiary alicyclic amines) is 1. The lowest BCUT2D eigenvalue weighted by Gasteiger charge is -2.22. The Balaban J connectivity index is 1.44. The van der Waals surface area contributed by atoms with Gasteiger partial charge in [0, 0.05) is 32.6 Å². The summed E-state index contributed by atoms with van der Waals surface area (Å²) < 4.78 is 19.3. The maximum atomic E-state index is 13.4. The molecule has 3 rings (SSSR count). The van der Waals surface area contributed by atoms with Crippen molar-refractivity contribution in [2.45, 2.75) is 19.6 Å². The van der Waals surface area contributed by atoms with E-state index in [1.54, 1.807) is 13.1 Å². The van der Waals surface area contributed by atoms with Gasteiger partial charge in [0.2, 0.25) is 0 Å². The third-order valence-corrected chi connectivity index (χ3v) is 4.73. The van der Waals surface area contributed by atoms with E-state index in [9.17, 15) is 9.50 Å². The zero-order chi connectivity index (χ0) is 19.1. The van der Waals surface area contributed by atoms with Gasteiger partial charge in [-0.3, -0.25) is 4.99 Å². The normalized spacial score (nSPS) is 17.3. The Labute approximate surface area is 159 Å². The third kappa shape index (κ3) is 5.44. The fraction of sp³-hybridized carbons (Fsp3) is 0.381. The van der Waals surface area contributed by atoms with Crippen molar-refractivity contribution in [2.24, 2.45) is 10.9 Å². The van der Waals surface area contributed by atoms with Crippen LogP contribution in [0.25, 0.3) is 0 Å². The number of ether oxygens (including phenoxy) is 1. The van der Waals surface area contributed by atoms with Crippen LogP contribution >= 0.6 is 0 Å². The van der Waals surface area contributed by atoms with Gasteiger partial charge in [0.1, 0.15) is 0 Å². The minimum atomic E-state index is -0.610. The lowest BCUT2D eigenvalue weighted by Crippen LogP contribution is -2.39. The Kier molecular flexibility index (Phi) is 6.65. The fourth-order valence-corrected chi connectivity index (χ4v) is 3.25. The van der Waals surface area contributed by atoms with E-state index in [0.717, 1.165) is 37.6 Å². The second-order valence-corrected chi connectivity index (χ2v) is 6.79. The molecule has 144 valence electrons. The van der Waals surface area contributed by atoms with Gasteiger partial charge >= 0.3 is 0 Å². The van der Waals surface area contributed by atoms with Crippen LogP contribution in [0.3, 0.4) is 0 Å². The van der Waals surface area contributed by atoms with E-state index in [-0.39, 0.29) is 5.75 Å². The summed E-state index contributed by atoms with van der Waals surface area (Å²) in [6, 6.07) is 14.6. The summed E-state index contributed by atoms with van der Waals surface area (Å²) in [6.45, 7) is 3.62. The quantitative estimate of drug-likeness (QED) is 0.605. The molecule has 1 aliphatic heterocycles. The Morgan fingerprint density at radius 3 is 2.81 bits per heavy atom. The monoisotopic (exact) mass is 371 g/mol. The summed E-state index contributed by atoms with van der Waals surface area (Å²) in [7, 11) is 1.75. The first-order valence-electron chi connectivity index (χ1n) is 9.20. The maximum absolute atomic E-state index is 13.4. The molecule has 27 heavy (non-hydrogen) atoms. The lowest BCUT2D eigenvalue weighted by molar-refractivity contribution is 0.0906. The molecule has 2 aromatic rings. The molecule has 1 atom stereocenters. The Bertz CT molecular complexity index is 767. The summed E-state index contributed by atoms with van der Waals surface area (Å²) >= 11 is 0. The highest BCUT2D eigenvalue weighted by Crippen LogP contribution is 2.18. The van der Waals surface area contributed by atoms with E-state index in [1.165, 1.54) is 17.7 Å². The predicted molar refractivity (Wildman–Crippen MR) is 104 cm³/mol. The predicted octanol–water partition coefficient (Wildman–Crippen LogP) is 3.15. The highest BCUT2D eigenvalue weighted by Gasteiger charge is 2.25. The molecule has 1 fully saturated rings. The molecule has 1 unspecified atom stereocenters. The second-order valence-electron chi connectivity index (χ2n) is 6.79. The van der Waals surface area contributed by atoms with Gasteiger partial charge in [-0.2, -0.15) is 0 Å². The highest BCUT2D eigenvalue weighted by molar-refractivity contribution is 5.80. The molecule has 1 saturated heterocycles. The summed E-state index contributed by atoms with van der Waals surface area (Å²) in [5.41, 5.74) is 1.94. The van der Waals surface area contributed by atoms with Crippen molar-refractivity contribution >= 4 is 5.96 Å². The number of hydrogen-bond acceptors (Lipinski definition) is 3. The molecular weight excluding hydrogens is 345 g/mol. The number of hydrogen-bond donors (Lipinski definition) is 2. The van der Waals surface area contributed by atoms with Gasteiger partial charge in [0.05, 0.1) is 13.2 Å². The first-order chi connectivity index (χ1) is 13.2. The molecule has 0 aliphatic carbocycles. The van der Waals surface area contributed by atoms with Crippen LogP contribution in [-0.2, 0) is 17.9 Å². The summed E-state index contributed by atoms with van der Waals surface area (Å²) in [5, 5.41) is 12.5. The van der Waals surface area contributed by atoms with Crippen LogP contribution in [0.5, 0.6) is 5.75 Å². The smallest absolute Gasteiger partial charge is 0.193 e. The SMILES string of the molecule is CN=C(NCc1ccc(O)c(F)c1)N1CCC(COCc2ccccc2)C1. The average Bonchev–Trinajstić information content (AvgIpc) is 3.15. The number of benzene rings is 2. The largest absolute Gasteiger partial charge is 0.505 e. The number of halogens is 1. The molecule has 0 spiro atoms. The summed E-state index contributed by atoms with van der Waals surface area (Å²) in [5.74, 6) is 0.328. The van der Waals surface area contributed by atoms with Gasteiger partial charge in [-0.05, 0) is 29.7 Å². The number of nitrogens with one attached hydrogen (secondary N) is 1. The van der Waals surface area contributed by atoms with E-state index in [4.69, 9.17) is 4.74 Å². The standard InChI is InChI=1S/C21H26FN3O2/c1-23-21(24-12-17-7-8-20(26)19(22)11-17)25-10-9-18(13-25)15-27-14-16-5-3-2-4-6-16/h2-8,11,18,26H,9-10,12-15H2,1H3,(H,23,24). The minimum absolute atomic E-state index is 0.332. The molecule has 0 radical (unpaired) electrons. The Hall–Kier alpha value is -2.60. The van der Waals surface area contributed by atoms with Crippen molar-refractivity contribution in [2.75, 3.05) is 26.7 Å². The number of aliphatic imine (C=N–C) groups is 1. The van der Waals surface area contributed by atoms with Crippen LogP contribution in [-0.4, -0.2) is 42.7 Å². The van der Waals surface area contributed by atoms with Gasteiger partial charge in [-0.25, -0.2) is 4.39 Å². The van der Waals surface area contributed by atoms with Crippen LogP contribution in [0.1, 0.15) is 17.5 Å². The summed E-state index contributed by atoms with van der Waals surface area (Å²) in [4.78, 5) is 6.54. The van der Waals surface area contributed by atoms with E-state index in [2.05, 4.69) is 27.3 Å². The molecule has 6 heteroatoms. The molecule has 1 aliphatic rings. The van der Waals surface area contributed by atoms with Gasteiger partial charge in [-0.15, -0.1) is 0 Å². The third-order valence-electron chi connectivity index (χ3n) is 4.73. The van der Waals surface area contributed by atoms with Crippen molar-refractivity contribution in [3.63, 3.8) is 0 Å². The number of aromatic hydroxyl groups is 1. The van der Waals surface area contributed by atoms with Crippen LogP contribution < -0.4 is 5.32 Å². The van der Waals surface area contributed by atoms with Crippen molar-refractivity contribution in [1.29, 1.82) is 0 Å². The molecule has 0 amide bonds. The zero-order valence-corrected chi connectivity index (χ0v) is 15.6. The molecule has 2 N–H and O–H groups in total. The van der Waals surface area contributed by atoms with Gasteiger partial charge in [0.25, 0.3) is 0 Å². The number of rotatable bonds is 6. The van der Waals surface area contributed by atoms with Crippen LogP contribution in [0.4, 0.5) is 4.39 Å². The van der Waals surface area contributed by atoms with Crippen molar-refractivity contribution in [1.82, 2.24) is 10.2 Å². The molecule has 0 saturated carbocycles. The van der Waals surface area contributed by atoms with Gasteiger partial charge in [0.15, 0.2) is 17.5 Å². The van der Waals surface area contributed by atoms with E-state index >= 15 is 0 Å².